The monoisotopic (exact) mass is 542 g/mol. The van der Waals surface area contributed by atoms with Crippen LogP contribution < -0.4 is 10.6 Å². The molecule has 28 heavy (non-hydrogen) atoms. The number of fused-ring (bicyclic) bond motifs is 2. The van der Waals surface area contributed by atoms with Crippen LogP contribution >= 0.6 is 35.3 Å². The smallest absolute Gasteiger partial charge is 0.252 e. The fraction of sp³-hybridized carbons (Fsp3) is 0.722. The molecule has 3 rings (SSSR count). The van der Waals surface area contributed by atoms with E-state index in [-0.39, 0.29) is 24.0 Å². The van der Waals surface area contributed by atoms with Crippen LogP contribution in [0.4, 0.5) is 0 Å². The molecule has 2 aliphatic heterocycles. The Bertz CT molecular complexity index is 765. The van der Waals surface area contributed by atoms with Gasteiger partial charge in [-0.25, -0.2) is 8.42 Å². The van der Waals surface area contributed by atoms with Gasteiger partial charge < -0.3 is 15.4 Å². The molecule has 3 unspecified atom stereocenters. The molecule has 1 aromatic rings. The van der Waals surface area contributed by atoms with Crippen molar-refractivity contribution < 1.29 is 13.2 Å². The highest BCUT2D eigenvalue weighted by Crippen LogP contribution is 2.34. The summed E-state index contributed by atoms with van der Waals surface area (Å²) in [5, 5.41) is 6.79. The van der Waals surface area contributed by atoms with Crippen LogP contribution in [0.3, 0.4) is 0 Å². The number of sulfonamides is 1. The van der Waals surface area contributed by atoms with Gasteiger partial charge in [-0.05, 0) is 37.8 Å². The highest BCUT2D eigenvalue weighted by Gasteiger charge is 2.41. The minimum absolute atomic E-state index is 0. The minimum Gasteiger partial charge on any atom is -0.373 e. The lowest BCUT2D eigenvalue weighted by Crippen LogP contribution is -2.47. The molecule has 0 spiro atoms. The first-order chi connectivity index (χ1) is 13.0. The van der Waals surface area contributed by atoms with E-state index in [0.29, 0.717) is 42.1 Å². The third-order valence-corrected chi connectivity index (χ3v) is 8.91. The normalized spacial score (nSPS) is 24.4. The number of rotatable bonds is 8. The molecule has 2 bridgehead atoms. The molecule has 3 heterocycles. The van der Waals surface area contributed by atoms with Crippen LogP contribution in [0.5, 0.6) is 0 Å². The Kier molecular flexibility index (Phi) is 8.99. The second kappa shape index (κ2) is 10.6. The summed E-state index contributed by atoms with van der Waals surface area (Å²) in [6.07, 6.45) is 4.81. The number of nitrogens with one attached hydrogen (secondary N) is 2. The van der Waals surface area contributed by atoms with Crippen molar-refractivity contribution in [3.05, 3.63) is 17.0 Å². The highest BCUT2D eigenvalue weighted by molar-refractivity contribution is 14.0. The summed E-state index contributed by atoms with van der Waals surface area (Å²) < 4.78 is 32.9. The van der Waals surface area contributed by atoms with E-state index in [0.717, 1.165) is 30.1 Å². The van der Waals surface area contributed by atoms with E-state index < -0.39 is 10.0 Å². The molecule has 7 nitrogen and oxygen atoms in total. The fourth-order valence-electron chi connectivity index (χ4n) is 3.79. The van der Waals surface area contributed by atoms with Crippen LogP contribution in [0.15, 0.2) is 21.3 Å². The molecule has 1 aromatic heterocycles. The van der Waals surface area contributed by atoms with Gasteiger partial charge in [0.05, 0.1) is 18.2 Å². The Morgan fingerprint density at radius 2 is 2.07 bits per heavy atom. The molecule has 2 N–H and O–H groups in total. The van der Waals surface area contributed by atoms with Gasteiger partial charge in [-0.3, -0.25) is 4.99 Å². The van der Waals surface area contributed by atoms with Gasteiger partial charge >= 0.3 is 0 Å². The maximum Gasteiger partial charge on any atom is 0.252 e. The number of guanidine groups is 1. The summed E-state index contributed by atoms with van der Waals surface area (Å²) in [6.45, 7) is 5.40. The van der Waals surface area contributed by atoms with Gasteiger partial charge in [0, 0.05) is 31.6 Å². The van der Waals surface area contributed by atoms with Crippen LogP contribution in [0, 0.1) is 0 Å². The molecule has 3 atom stereocenters. The van der Waals surface area contributed by atoms with Gasteiger partial charge in [0.15, 0.2) is 5.96 Å². The summed E-state index contributed by atoms with van der Waals surface area (Å²) in [6, 6.07) is 3.96. The minimum atomic E-state index is -3.37. The Morgan fingerprint density at radius 3 is 2.64 bits per heavy atom. The molecule has 10 heteroatoms. The first-order valence-electron chi connectivity index (χ1n) is 9.69. The maximum absolute atomic E-state index is 12.6. The van der Waals surface area contributed by atoms with E-state index in [1.165, 1.54) is 22.1 Å². The molecule has 0 saturated carbocycles. The summed E-state index contributed by atoms with van der Waals surface area (Å²) in [5.41, 5.74) is 0. The summed E-state index contributed by atoms with van der Waals surface area (Å²) in [5.74, 6) is 0.781. The number of aliphatic imine (C=N–C) groups is 1. The van der Waals surface area contributed by atoms with Gasteiger partial charge in [-0.15, -0.1) is 35.3 Å². The topological polar surface area (TPSA) is 83.0 Å². The summed E-state index contributed by atoms with van der Waals surface area (Å²) >= 11 is 1.35. The number of hydrogen-bond acceptors (Lipinski definition) is 5. The maximum atomic E-state index is 12.6. The first-order valence-corrected chi connectivity index (χ1v) is 11.9. The Balaban J connectivity index is 0.00000280. The van der Waals surface area contributed by atoms with Gasteiger partial charge in [0.25, 0.3) is 10.0 Å². The molecule has 2 saturated heterocycles. The lowest BCUT2D eigenvalue weighted by Gasteiger charge is -2.22. The summed E-state index contributed by atoms with van der Waals surface area (Å²) in [7, 11) is -1.60. The van der Waals surface area contributed by atoms with E-state index in [1.807, 2.05) is 19.9 Å². The third-order valence-electron chi connectivity index (χ3n) is 5.25. The van der Waals surface area contributed by atoms with Crippen LogP contribution in [0.1, 0.15) is 38.0 Å². The molecule has 0 aliphatic carbocycles. The first kappa shape index (κ1) is 23.8. The average molecular weight is 543 g/mol. The zero-order valence-electron chi connectivity index (χ0n) is 16.7. The second-order valence-corrected chi connectivity index (χ2v) is 10.3. The van der Waals surface area contributed by atoms with Crippen molar-refractivity contribution in [1.82, 2.24) is 14.9 Å². The standard InChI is InChI=1S/C18H30N4O3S2.HI/c1-4-22(5-2)27(23,24)17-9-7-14(26-17)10-11-20-18(19-3)21-15-12-13-6-8-16(15)25-13;/h7,9,13,15-16H,4-6,8,10-12H2,1-3H3,(H2,19,20,21);1H. The number of halogens is 1. The predicted octanol–water partition coefficient (Wildman–Crippen LogP) is 2.42. The van der Waals surface area contributed by atoms with Gasteiger partial charge in [-0.1, -0.05) is 13.8 Å². The Hall–Kier alpha value is -0.430. The predicted molar refractivity (Wildman–Crippen MR) is 124 cm³/mol. The van der Waals surface area contributed by atoms with Crippen molar-refractivity contribution in [3.63, 3.8) is 0 Å². The molecule has 2 fully saturated rings. The van der Waals surface area contributed by atoms with Crippen molar-refractivity contribution in [2.45, 2.75) is 62.0 Å². The lowest BCUT2D eigenvalue weighted by atomic mass is 9.96. The Morgan fingerprint density at radius 1 is 1.32 bits per heavy atom. The van der Waals surface area contributed by atoms with Crippen LogP contribution in [0.2, 0.25) is 0 Å². The van der Waals surface area contributed by atoms with Crippen molar-refractivity contribution in [1.29, 1.82) is 0 Å². The van der Waals surface area contributed by atoms with Crippen molar-refractivity contribution in [3.8, 4) is 0 Å². The van der Waals surface area contributed by atoms with E-state index in [4.69, 9.17) is 4.74 Å². The van der Waals surface area contributed by atoms with E-state index in [2.05, 4.69) is 15.6 Å². The number of hydrogen-bond donors (Lipinski definition) is 2. The molecule has 160 valence electrons. The van der Waals surface area contributed by atoms with E-state index in [9.17, 15) is 8.42 Å². The van der Waals surface area contributed by atoms with E-state index in [1.54, 1.807) is 13.1 Å². The Labute approximate surface area is 189 Å². The lowest BCUT2D eigenvalue weighted by molar-refractivity contribution is 0.0992. The molecule has 0 radical (unpaired) electrons. The SMILES string of the molecule is CCN(CC)S(=O)(=O)c1ccc(CCNC(=NC)NC2CC3CCC2O3)s1.I. The molecular formula is C18H31IN4O3S2. The van der Waals surface area contributed by atoms with Crippen molar-refractivity contribution in [2.75, 3.05) is 26.7 Å². The summed E-state index contributed by atoms with van der Waals surface area (Å²) in [4.78, 5) is 5.34. The quantitative estimate of drug-likeness (QED) is 0.300. The van der Waals surface area contributed by atoms with Gasteiger partial charge in [0.1, 0.15) is 4.21 Å². The van der Waals surface area contributed by atoms with Gasteiger partial charge in [0.2, 0.25) is 0 Å². The highest BCUT2D eigenvalue weighted by atomic mass is 127. The molecular weight excluding hydrogens is 511 g/mol. The fourth-order valence-corrected chi connectivity index (χ4v) is 6.75. The molecule has 0 aromatic carbocycles. The largest absolute Gasteiger partial charge is 0.373 e. The zero-order valence-corrected chi connectivity index (χ0v) is 20.6. The number of nitrogens with zero attached hydrogens (tertiary/aromatic N) is 2. The van der Waals surface area contributed by atoms with Crippen molar-refractivity contribution >= 4 is 51.3 Å². The average Bonchev–Trinajstić information content (AvgIpc) is 3.38. The molecule has 2 aliphatic rings. The third kappa shape index (κ3) is 5.38. The van der Waals surface area contributed by atoms with Crippen LogP contribution in [-0.2, 0) is 21.2 Å². The van der Waals surface area contributed by atoms with Gasteiger partial charge in [-0.2, -0.15) is 4.31 Å². The number of thiophene rings is 1. The molecule has 0 amide bonds. The zero-order chi connectivity index (χ0) is 19.4. The van der Waals surface area contributed by atoms with E-state index >= 15 is 0 Å². The number of ether oxygens (including phenoxy) is 1. The van der Waals surface area contributed by atoms with Crippen LogP contribution in [-0.4, -0.2) is 63.6 Å². The van der Waals surface area contributed by atoms with Crippen molar-refractivity contribution in [2.24, 2.45) is 4.99 Å². The van der Waals surface area contributed by atoms with Crippen LogP contribution in [0.25, 0.3) is 0 Å². The second-order valence-electron chi connectivity index (χ2n) is 6.92.